The van der Waals surface area contributed by atoms with Crippen LogP contribution in [0.5, 0.6) is 17.2 Å². The molecule has 0 aliphatic carbocycles. The molecule has 9 heteroatoms. The smallest absolute Gasteiger partial charge is 0.327 e. The van der Waals surface area contributed by atoms with Crippen molar-refractivity contribution < 1.29 is 23.5 Å². The van der Waals surface area contributed by atoms with Gasteiger partial charge in [0.05, 0.1) is 24.4 Å². The predicted molar refractivity (Wildman–Crippen MR) is 136 cm³/mol. The van der Waals surface area contributed by atoms with Crippen molar-refractivity contribution in [1.29, 1.82) is 0 Å². The highest BCUT2D eigenvalue weighted by atomic mass is 16.7. The van der Waals surface area contributed by atoms with Crippen LogP contribution < -0.4 is 24.4 Å². The Morgan fingerprint density at radius 1 is 1.00 bits per heavy atom. The Hall–Kier alpha value is -4.79. The van der Waals surface area contributed by atoms with Crippen LogP contribution in [0.3, 0.4) is 0 Å². The molecular formula is C28H24N4O5. The van der Waals surface area contributed by atoms with Gasteiger partial charge in [-0.2, -0.15) is 4.98 Å². The third-order valence-electron chi connectivity index (χ3n) is 6.49. The number of urea groups is 1. The number of rotatable bonds is 5. The van der Waals surface area contributed by atoms with E-state index in [0.29, 0.717) is 45.9 Å². The lowest BCUT2D eigenvalue weighted by Crippen LogP contribution is -2.46. The Kier molecular flexibility index (Phi) is 5.52. The minimum Gasteiger partial charge on any atom is -0.497 e. The molecule has 2 amide bonds. The summed E-state index contributed by atoms with van der Waals surface area (Å²) in [7, 11) is 1.60. The number of aromatic nitrogens is 2. The van der Waals surface area contributed by atoms with Crippen LogP contribution in [0, 0.1) is 6.92 Å². The van der Waals surface area contributed by atoms with Gasteiger partial charge in [0, 0.05) is 17.3 Å². The van der Waals surface area contributed by atoms with Crippen molar-refractivity contribution in [1.82, 2.24) is 15.5 Å². The summed E-state index contributed by atoms with van der Waals surface area (Å²) in [5.41, 5.74) is 4.75. The average molecular weight is 497 g/mol. The third kappa shape index (κ3) is 4.04. The van der Waals surface area contributed by atoms with Crippen molar-refractivity contribution >= 4 is 17.3 Å². The van der Waals surface area contributed by atoms with E-state index in [0.717, 1.165) is 16.7 Å². The van der Waals surface area contributed by atoms with Crippen LogP contribution in [-0.4, -0.2) is 30.1 Å². The van der Waals surface area contributed by atoms with E-state index in [9.17, 15) is 4.79 Å². The second-order valence-corrected chi connectivity index (χ2v) is 8.82. The maximum atomic E-state index is 13.5. The molecule has 3 heterocycles. The number of nitrogens with zero attached hydrogens (tertiary/aromatic N) is 3. The van der Waals surface area contributed by atoms with Crippen LogP contribution in [0.2, 0.25) is 0 Å². The third-order valence-corrected chi connectivity index (χ3v) is 6.49. The molecule has 0 radical (unpaired) electrons. The number of hydrogen-bond donors (Lipinski definition) is 1. The molecule has 3 aromatic carbocycles. The van der Waals surface area contributed by atoms with Crippen LogP contribution in [0.4, 0.5) is 10.5 Å². The Balaban J connectivity index is 1.49. The zero-order chi connectivity index (χ0) is 25.5. The van der Waals surface area contributed by atoms with E-state index >= 15 is 0 Å². The van der Waals surface area contributed by atoms with Crippen molar-refractivity contribution in [3.05, 3.63) is 89.4 Å². The largest absolute Gasteiger partial charge is 0.497 e. The number of nitrogens with one attached hydrogen (secondary N) is 1. The molecule has 1 unspecified atom stereocenters. The number of benzene rings is 3. The Morgan fingerprint density at radius 2 is 1.81 bits per heavy atom. The van der Waals surface area contributed by atoms with Crippen molar-refractivity contribution in [2.75, 3.05) is 18.8 Å². The van der Waals surface area contributed by atoms with E-state index in [1.54, 1.807) is 24.1 Å². The Morgan fingerprint density at radius 3 is 2.62 bits per heavy atom. The van der Waals surface area contributed by atoms with Gasteiger partial charge < -0.3 is 24.1 Å². The van der Waals surface area contributed by atoms with Crippen LogP contribution in [-0.2, 0) is 0 Å². The van der Waals surface area contributed by atoms with E-state index in [2.05, 4.69) is 10.5 Å². The highest BCUT2D eigenvalue weighted by molar-refractivity contribution is 6.01. The van der Waals surface area contributed by atoms with Gasteiger partial charge in [-0.25, -0.2) is 4.79 Å². The van der Waals surface area contributed by atoms with Gasteiger partial charge in [0.15, 0.2) is 11.5 Å². The molecule has 0 bridgehead atoms. The molecular weight excluding hydrogens is 472 g/mol. The first-order chi connectivity index (χ1) is 18.0. The van der Waals surface area contributed by atoms with E-state index < -0.39 is 6.04 Å². The molecule has 1 aromatic heterocycles. The maximum absolute atomic E-state index is 13.5. The van der Waals surface area contributed by atoms with Crippen LogP contribution in [0.25, 0.3) is 17.0 Å². The normalized spacial score (nSPS) is 16.7. The molecule has 2 aliphatic rings. The first kappa shape index (κ1) is 22.7. The summed E-state index contributed by atoms with van der Waals surface area (Å²) in [6, 6.07) is 20.0. The maximum Gasteiger partial charge on any atom is 0.327 e. The number of carbonyl (C=O) groups excluding carboxylic acids is 1. The number of ether oxygens (including phenoxy) is 3. The van der Waals surface area contributed by atoms with Gasteiger partial charge in [-0.05, 0) is 43.7 Å². The van der Waals surface area contributed by atoms with E-state index in [-0.39, 0.29) is 12.8 Å². The second kappa shape index (κ2) is 9.02. The van der Waals surface area contributed by atoms with Gasteiger partial charge in [0.1, 0.15) is 5.75 Å². The number of fused-ring (bicyclic) bond motifs is 1. The highest BCUT2D eigenvalue weighted by Crippen LogP contribution is 2.42. The van der Waals surface area contributed by atoms with Crippen LogP contribution in [0.15, 0.2) is 77.0 Å². The van der Waals surface area contributed by atoms with Gasteiger partial charge in [-0.3, -0.25) is 4.90 Å². The van der Waals surface area contributed by atoms with E-state index in [1.165, 1.54) is 0 Å². The summed E-state index contributed by atoms with van der Waals surface area (Å²) in [6.45, 7) is 4.03. The minimum atomic E-state index is -0.542. The number of aryl methyl sites for hydroxylation is 1. The van der Waals surface area contributed by atoms with Crippen LogP contribution in [0.1, 0.15) is 30.0 Å². The molecule has 1 atom stereocenters. The van der Waals surface area contributed by atoms with Crippen molar-refractivity contribution in [2.24, 2.45) is 0 Å². The summed E-state index contributed by atoms with van der Waals surface area (Å²) in [5.74, 6) is 2.66. The minimum absolute atomic E-state index is 0.146. The summed E-state index contributed by atoms with van der Waals surface area (Å²) >= 11 is 0. The molecule has 0 saturated heterocycles. The zero-order valence-corrected chi connectivity index (χ0v) is 20.5. The summed E-state index contributed by atoms with van der Waals surface area (Å²) in [6.07, 6.45) is 0. The molecule has 0 fully saturated rings. The van der Waals surface area contributed by atoms with Gasteiger partial charge in [-0.1, -0.05) is 47.1 Å². The van der Waals surface area contributed by atoms with Crippen molar-refractivity contribution in [3.8, 4) is 28.6 Å². The number of hydrogen-bond acceptors (Lipinski definition) is 7. The van der Waals surface area contributed by atoms with Gasteiger partial charge in [-0.15, -0.1) is 0 Å². The lowest BCUT2D eigenvalue weighted by Gasteiger charge is -2.35. The topological polar surface area (TPSA) is 99.0 Å². The Labute approximate surface area is 213 Å². The molecule has 1 N–H and O–H groups in total. The number of allylic oxidation sites excluding steroid dienone is 1. The van der Waals surface area contributed by atoms with Crippen molar-refractivity contribution in [3.63, 3.8) is 0 Å². The highest BCUT2D eigenvalue weighted by Gasteiger charge is 2.37. The molecule has 2 aliphatic heterocycles. The molecule has 0 spiro atoms. The van der Waals surface area contributed by atoms with E-state index in [1.807, 2.05) is 68.4 Å². The number of amides is 2. The standard InChI is InChI=1S/C28H24N4O5/c1-16-7-9-18(10-8-16)26-30-27(37-31-26)24-17(2)32(20-11-12-22-23(14-20)36-15-35-22)28(33)29-25(24)19-5-4-6-21(13-19)34-3/h4-14,25H,15H2,1-3H3,(H,29,33). The molecule has 4 aromatic rings. The molecule has 9 nitrogen and oxygen atoms in total. The number of anilines is 1. The molecule has 37 heavy (non-hydrogen) atoms. The van der Waals surface area contributed by atoms with E-state index in [4.69, 9.17) is 23.7 Å². The first-order valence-corrected chi connectivity index (χ1v) is 11.8. The summed E-state index contributed by atoms with van der Waals surface area (Å²) < 4.78 is 22.2. The average Bonchev–Trinajstić information content (AvgIpc) is 3.58. The predicted octanol–water partition coefficient (Wildman–Crippen LogP) is 5.48. The first-order valence-electron chi connectivity index (χ1n) is 11.8. The van der Waals surface area contributed by atoms with Crippen molar-refractivity contribution in [2.45, 2.75) is 19.9 Å². The van der Waals surface area contributed by atoms with Gasteiger partial charge >= 0.3 is 6.03 Å². The molecule has 0 saturated carbocycles. The van der Waals surface area contributed by atoms with Crippen LogP contribution >= 0.6 is 0 Å². The number of carbonyl (C=O) groups is 1. The molecule has 6 rings (SSSR count). The second-order valence-electron chi connectivity index (χ2n) is 8.82. The lowest BCUT2D eigenvalue weighted by atomic mass is 9.94. The zero-order valence-electron chi connectivity index (χ0n) is 20.5. The number of methoxy groups -OCH3 is 1. The fourth-order valence-electron chi connectivity index (χ4n) is 4.58. The summed E-state index contributed by atoms with van der Waals surface area (Å²) in [4.78, 5) is 19.8. The summed E-state index contributed by atoms with van der Waals surface area (Å²) in [5, 5.41) is 7.35. The lowest BCUT2D eigenvalue weighted by molar-refractivity contribution is 0.174. The SMILES string of the molecule is COc1cccc(C2NC(=O)N(c3ccc4c(c3)OCO4)C(C)=C2c2nc(-c3ccc(C)cc3)no2)c1. The Bertz CT molecular complexity index is 1530. The molecule has 186 valence electrons. The monoisotopic (exact) mass is 496 g/mol. The van der Waals surface area contributed by atoms with Gasteiger partial charge in [0.2, 0.25) is 12.6 Å². The fraction of sp³-hybridized carbons (Fsp3) is 0.179. The fourth-order valence-corrected chi connectivity index (χ4v) is 4.58. The van der Waals surface area contributed by atoms with Gasteiger partial charge in [0.25, 0.3) is 5.89 Å². The quantitative estimate of drug-likeness (QED) is 0.390.